The van der Waals surface area contributed by atoms with E-state index in [4.69, 9.17) is 9.47 Å². The monoisotopic (exact) mass is 352 g/mol. The molecule has 5 heteroatoms. The Balaban J connectivity index is 1.45. The number of carbonyl (C=O) groups excluding carboxylic acids is 1. The number of unbranched alkanes of at least 4 members (excludes halogenated alkanes) is 1. The van der Waals surface area contributed by atoms with Crippen LogP contribution in [-0.4, -0.2) is 43.8 Å². The number of methoxy groups -OCH3 is 1. The maximum atomic E-state index is 11.2. The van der Waals surface area contributed by atoms with Crippen molar-refractivity contribution < 1.29 is 24.1 Å². The van der Waals surface area contributed by atoms with Gasteiger partial charge in [0.15, 0.2) is 6.29 Å². The number of carbonyl (C=O) groups is 1. The second-order valence-corrected chi connectivity index (χ2v) is 7.69. The Labute approximate surface area is 150 Å². The lowest BCUT2D eigenvalue weighted by Crippen LogP contribution is -2.32. The van der Waals surface area contributed by atoms with E-state index in [1.807, 2.05) is 0 Å². The molecule has 5 nitrogen and oxygen atoms in total. The SMILES string of the molecule is COC(=O)CCCCC1=C[C@@H]2C[C@H](OC3CCCCO3)[C@H](CO)[C@@H]2C1. The predicted octanol–water partition coefficient (Wildman–Crippen LogP) is 3.21. The minimum Gasteiger partial charge on any atom is -0.469 e. The van der Waals surface area contributed by atoms with Crippen LogP contribution >= 0.6 is 0 Å². The van der Waals surface area contributed by atoms with E-state index in [0.29, 0.717) is 18.3 Å². The Morgan fingerprint density at radius 3 is 2.96 bits per heavy atom. The van der Waals surface area contributed by atoms with Crippen molar-refractivity contribution in [2.45, 2.75) is 70.2 Å². The fourth-order valence-electron chi connectivity index (χ4n) is 4.71. The zero-order valence-corrected chi connectivity index (χ0v) is 15.3. The van der Waals surface area contributed by atoms with Crippen molar-refractivity contribution in [2.75, 3.05) is 20.3 Å². The van der Waals surface area contributed by atoms with Crippen LogP contribution < -0.4 is 0 Å². The smallest absolute Gasteiger partial charge is 0.305 e. The fraction of sp³-hybridized carbons (Fsp3) is 0.850. The number of hydrogen-bond acceptors (Lipinski definition) is 5. The van der Waals surface area contributed by atoms with Gasteiger partial charge in [0.2, 0.25) is 0 Å². The molecule has 0 bridgehead atoms. The van der Waals surface area contributed by atoms with Gasteiger partial charge in [-0.15, -0.1) is 0 Å². The molecule has 1 saturated carbocycles. The third-order valence-electron chi connectivity index (χ3n) is 6.06. The summed E-state index contributed by atoms with van der Waals surface area (Å²) in [5, 5.41) is 9.91. The molecule has 0 radical (unpaired) electrons. The van der Waals surface area contributed by atoms with E-state index in [1.165, 1.54) is 19.1 Å². The van der Waals surface area contributed by atoms with E-state index < -0.39 is 0 Å². The van der Waals surface area contributed by atoms with E-state index in [2.05, 4.69) is 10.8 Å². The molecule has 0 spiro atoms. The van der Waals surface area contributed by atoms with Gasteiger partial charge in [0.25, 0.3) is 0 Å². The Morgan fingerprint density at radius 2 is 2.24 bits per heavy atom. The maximum absolute atomic E-state index is 11.2. The van der Waals surface area contributed by atoms with Crippen molar-refractivity contribution >= 4 is 5.97 Å². The molecule has 5 atom stereocenters. The number of aliphatic hydroxyl groups excluding tert-OH is 1. The third-order valence-corrected chi connectivity index (χ3v) is 6.06. The molecule has 1 unspecified atom stereocenters. The van der Waals surface area contributed by atoms with E-state index in [1.54, 1.807) is 0 Å². The Hall–Kier alpha value is -0.910. The van der Waals surface area contributed by atoms with Crippen LogP contribution in [0.25, 0.3) is 0 Å². The fourth-order valence-corrected chi connectivity index (χ4v) is 4.71. The molecule has 25 heavy (non-hydrogen) atoms. The highest BCUT2D eigenvalue weighted by Crippen LogP contribution is 2.49. The van der Waals surface area contributed by atoms with Gasteiger partial charge in [0.1, 0.15) is 0 Å². The van der Waals surface area contributed by atoms with Gasteiger partial charge in [-0.05, 0) is 63.2 Å². The molecule has 1 aliphatic heterocycles. The average molecular weight is 352 g/mol. The van der Waals surface area contributed by atoms with Gasteiger partial charge in [-0.3, -0.25) is 4.79 Å². The minimum absolute atomic E-state index is 0.0756. The van der Waals surface area contributed by atoms with E-state index >= 15 is 0 Å². The number of aliphatic hydroxyl groups is 1. The highest BCUT2D eigenvalue weighted by molar-refractivity contribution is 5.68. The van der Waals surface area contributed by atoms with Crippen LogP contribution in [0.3, 0.4) is 0 Å². The van der Waals surface area contributed by atoms with Crippen LogP contribution in [0.5, 0.6) is 0 Å². The second kappa shape index (κ2) is 9.15. The molecular weight excluding hydrogens is 320 g/mol. The molecule has 3 aliphatic rings. The Morgan fingerprint density at radius 1 is 1.36 bits per heavy atom. The summed E-state index contributed by atoms with van der Waals surface area (Å²) >= 11 is 0. The van der Waals surface area contributed by atoms with Crippen LogP contribution in [0.4, 0.5) is 0 Å². The summed E-state index contributed by atoms with van der Waals surface area (Å²) in [6, 6.07) is 0. The molecule has 1 saturated heterocycles. The number of fused-ring (bicyclic) bond motifs is 1. The lowest BCUT2D eigenvalue weighted by Gasteiger charge is -2.29. The first-order valence-electron chi connectivity index (χ1n) is 9.85. The molecule has 0 amide bonds. The first-order chi connectivity index (χ1) is 12.2. The van der Waals surface area contributed by atoms with Crippen LogP contribution in [-0.2, 0) is 19.0 Å². The molecule has 0 aromatic rings. The summed E-state index contributed by atoms with van der Waals surface area (Å²) in [5.74, 6) is 1.14. The number of esters is 1. The lowest BCUT2D eigenvalue weighted by molar-refractivity contribution is -0.198. The summed E-state index contributed by atoms with van der Waals surface area (Å²) in [6.45, 7) is 0.992. The van der Waals surface area contributed by atoms with Crippen molar-refractivity contribution in [3.05, 3.63) is 11.6 Å². The average Bonchev–Trinajstić information content (AvgIpc) is 3.16. The Kier molecular flexibility index (Phi) is 6.91. The van der Waals surface area contributed by atoms with Gasteiger partial charge in [0.05, 0.1) is 13.2 Å². The van der Waals surface area contributed by atoms with Crippen LogP contribution in [0, 0.1) is 17.8 Å². The van der Waals surface area contributed by atoms with Gasteiger partial charge in [-0.1, -0.05) is 11.6 Å². The van der Waals surface area contributed by atoms with Crippen molar-refractivity contribution in [3.63, 3.8) is 0 Å². The molecule has 1 heterocycles. The van der Waals surface area contributed by atoms with E-state index in [9.17, 15) is 9.90 Å². The van der Waals surface area contributed by atoms with Crippen LogP contribution in [0.2, 0.25) is 0 Å². The third kappa shape index (κ3) is 4.83. The molecule has 1 N–H and O–H groups in total. The molecule has 0 aromatic carbocycles. The first-order valence-corrected chi connectivity index (χ1v) is 9.85. The molecule has 2 aliphatic carbocycles. The second-order valence-electron chi connectivity index (χ2n) is 7.69. The molecular formula is C20H32O5. The van der Waals surface area contributed by atoms with Crippen molar-refractivity contribution in [2.24, 2.45) is 17.8 Å². The Bertz CT molecular complexity index is 469. The van der Waals surface area contributed by atoms with Gasteiger partial charge in [-0.25, -0.2) is 0 Å². The molecule has 3 rings (SSSR count). The van der Waals surface area contributed by atoms with Crippen LogP contribution in [0.1, 0.15) is 57.8 Å². The topological polar surface area (TPSA) is 65.0 Å². The van der Waals surface area contributed by atoms with E-state index in [0.717, 1.165) is 51.6 Å². The predicted molar refractivity (Wildman–Crippen MR) is 93.8 cm³/mol. The summed E-state index contributed by atoms with van der Waals surface area (Å²) in [6.07, 6.45) is 11.3. The van der Waals surface area contributed by atoms with Crippen molar-refractivity contribution in [3.8, 4) is 0 Å². The first kappa shape index (κ1) is 18.9. The summed E-state index contributed by atoms with van der Waals surface area (Å²) in [4.78, 5) is 11.2. The number of ether oxygens (including phenoxy) is 3. The van der Waals surface area contributed by atoms with Crippen molar-refractivity contribution in [1.29, 1.82) is 0 Å². The van der Waals surface area contributed by atoms with Crippen LogP contribution in [0.15, 0.2) is 11.6 Å². The molecule has 142 valence electrons. The summed E-state index contributed by atoms with van der Waals surface area (Å²) in [5.41, 5.74) is 1.49. The van der Waals surface area contributed by atoms with Gasteiger partial charge in [0, 0.05) is 25.6 Å². The quantitative estimate of drug-likeness (QED) is 0.413. The zero-order chi connectivity index (χ0) is 17.6. The highest BCUT2D eigenvalue weighted by atomic mass is 16.7. The molecule has 0 aromatic heterocycles. The zero-order valence-electron chi connectivity index (χ0n) is 15.3. The van der Waals surface area contributed by atoms with Crippen molar-refractivity contribution in [1.82, 2.24) is 0 Å². The number of rotatable bonds is 8. The summed E-state index contributed by atoms with van der Waals surface area (Å²) < 4.78 is 16.6. The maximum Gasteiger partial charge on any atom is 0.305 e. The summed E-state index contributed by atoms with van der Waals surface area (Å²) in [7, 11) is 1.44. The lowest BCUT2D eigenvalue weighted by atomic mass is 9.89. The van der Waals surface area contributed by atoms with Gasteiger partial charge >= 0.3 is 5.97 Å². The minimum atomic E-state index is -0.123. The number of hydrogen-bond donors (Lipinski definition) is 1. The molecule has 2 fully saturated rings. The van der Waals surface area contributed by atoms with E-state index in [-0.39, 0.29) is 30.9 Å². The standard InChI is InChI=1S/C20H32O5/c1-23-19(22)7-3-2-6-14-10-15-12-18(17(13-21)16(15)11-14)25-20-8-4-5-9-24-20/h10,15-18,20-21H,2-9,11-13H2,1H3/t15-,16-,17-,18+,20?/m1/s1. The number of allylic oxidation sites excluding steroid dienone is 2. The normalized spacial score (nSPS) is 34.6. The largest absolute Gasteiger partial charge is 0.469 e. The van der Waals surface area contributed by atoms with Gasteiger partial charge < -0.3 is 19.3 Å². The van der Waals surface area contributed by atoms with Gasteiger partial charge in [-0.2, -0.15) is 0 Å². The highest BCUT2D eigenvalue weighted by Gasteiger charge is 2.46.